The fourth-order valence-electron chi connectivity index (χ4n) is 4.66. The van der Waals surface area contributed by atoms with Crippen molar-refractivity contribution in [3.05, 3.63) is 18.2 Å². The monoisotopic (exact) mass is 275 g/mol. The summed E-state index contributed by atoms with van der Waals surface area (Å²) < 4.78 is 2.30. The van der Waals surface area contributed by atoms with Crippen LogP contribution in [0.5, 0.6) is 0 Å². The number of aromatic nitrogens is 2. The number of hydrogen-bond acceptors (Lipinski definition) is 2. The van der Waals surface area contributed by atoms with Crippen LogP contribution >= 0.6 is 0 Å². The van der Waals surface area contributed by atoms with Crippen molar-refractivity contribution in [3.8, 4) is 0 Å². The number of nitrogens with zero attached hydrogens (tertiary/aromatic N) is 2. The zero-order chi connectivity index (χ0) is 13.9. The van der Waals surface area contributed by atoms with Crippen LogP contribution in [0.25, 0.3) is 0 Å². The molecule has 0 radical (unpaired) electrons. The van der Waals surface area contributed by atoms with Crippen LogP contribution < -0.4 is 5.32 Å². The van der Waals surface area contributed by atoms with Gasteiger partial charge in [-0.3, -0.25) is 0 Å². The van der Waals surface area contributed by atoms with Crippen molar-refractivity contribution in [3.63, 3.8) is 0 Å². The summed E-state index contributed by atoms with van der Waals surface area (Å²) >= 11 is 0. The van der Waals surface area contributed by atoms with Gasteiger partial charge in [0.1, 0.15) is 5.82 Å². The topological polar surface area (TPSA) is 29.9 Å². The number of fused-ring (bicyclic) bond motifs is 1. The molecule has 1 aromatic rings. The molecule has 2 saturated carbocycles. The SMILES string of the molecule is CCn1ccnc1C(NC)C1CCC2CCCCC2C1. The van der Waals surface area contributed by atoms with E-state index in [4.69, 9.17) is 0 Å². The Morgan fingerprint density at radius 3 is 2.80 bits per heavy atom. The average Bonchev–Trinajstić information content (AvgIpc) is 2.96. The first kappa shape index (κ1) is 14.1. The minimum absolute atomic E-state index is 0.438. The first-order chi connectivity index (χ1) is 9.83. The van der Waals surface area contributed by atoms with Crippen LogP contribution in [0.15, 0.2) is 12.4 Å². The number of imidazole rings is 1. The molecular formula is C17H29N3. The molecule has 112 valence electrons. The highest BCUT2D eigenvalue weighted by Crippen LogP contribution is 2.45. The van der Waals surface area contributed by atoms with Gasteiger partial charge in [-0.2, -0.15) is 0 Å². The van der Waals surface area contributed by atoms with Gasteiger partial charge in [0.2, 0.25) is 0 Å². The van der Waals surface area contributed by atoms with Gasteiger partial charge < -0.3 is 9.88 Å². The third kappa shape index (κ3) is 2.65. The van der Waals surface area contributed by atoms with Crippen LogP contribution in [0.4, 0.5) is 0 Å². The molecule has 1 N–H and O–H groups in total. The normalized spacial score (nSPS) is 31.8. The Kier molecular flexibility index (Phi) is 4.45. The van der Waals surface area contributed by atoms with Crippen molar-refractivity contribution < 1.29 is 0 Å². The van der Waals surface area contributed by atoms with Gasteiger partial charge in [0.15, 0.2) is 0 Å². The lowest BCUT2D eigenvalue weighted by Gasteiger charge is -2.41. The summed E-state index contributed by atoms with van der Waals surface area (Å²) in [6.07, 6.45) is 14.2. The quantitative estimate of drug-likeness (QED) is 0.906. The molecule has 0 amide bonds. The largest absolute Gasteiger partial charge is 0.334 e. The van der Waals surface area contributed by atoms with Gasteiger partial charge in [-0.25, -0.2) is 4.98 Å². The number of hydrogen-bond donors (Lipinski definition) is 1. The molecule has 0 spiro atoms. The second-order valence-corrected chi connectivity index (χ2v) is 6.72. The molecule has 0 aromatic carbocycles. The maximum absolute atomic E-state index is 4.64. The van der Waals surface area contributed by atoms with E-state index in [0.717, 1.165) is 24.3 Å². The Labute approximate surface area is 123 Å². The van der Waals surface area contributed by atoms with Gasteiger partial charge in [0, 0.05) is 18.9 Å². The van der Waals surface area contributed by atoms with Crippen LogP contribution in [0.3, 0.4) is 0 Å². The van der Waals surface area contributed by atoms with E-state index in [1.165, 1.54) is 50.8 Å². The molecule has 2 aliphatic carbocycles. The molecular weight excluding hydrogens is 246 g/mol. The van der Waals surface area contributed by atoms with Gasteiger partial charge >= 0.3 is 0 Å². The fourth-order valence-corrected chi connectivity index (χ4v) is 4.66. The summed E-state index contributed by atoms with van der Waals surface area (Å²) in [6.45, 7) is 3.22. The van der Waals surface area contributed by atoms with Crippen molar-refractivity contribution in [2.24, 2.45) is 17.8 Å². The highest BCUT2D eigenvalue weighted by atomic mass is 15.1. The molecule has 0 aliphatic heterocycles. The summed E-state index contributed by atoms with van der Waals surface area (Å²) in [7, 11) is 2.10. The third-order valence-electron chi connectivity index (χ3n) is 5.73. The average molecular weight is 275 g/mol. The zero-order valence-electron chi connectivity index (χ0n) is 13.0. The van der Waals surface area contributed by atoms with E-state index in [1.807, 2.05) is 6.20 Å². The summed E-state index contributed by atoms with van der Waals surface area (Å²) in [5.74, 6) is 4.04. The molecule has 1 heterocycles. The maximum atomic E-state index is 4.64. The predicted molar refractivity (Wildman–Crippen MR) is 82.5 cm³/mol. The zero-order valence-corrected chi connectivity index (χ0v) is 13.0. The van der Waals surface area contributed by atoms with Crippen molar-refractivity contribution in [2.75, 3.05) is 7.05 Å². The Morgan fingerprint density at radius 1 is 1.25 bits per heavy atom. The highest BCUT2D eigenvalue weighted by Gasteiger charge is 2.36. The Balaban J connectivity index is 1.73. The van der Waals surface area contributed by atoms with Crippen LogP contribution in [0.1, 0.15) is 63.7 Å². The molecule has 4 unspecified atom stereocenters. The van der Waals surface area contributed by atoms with Gasteiger partial charge in [-0.05, 0) is 51.0 Å². The molecule has 20 heavy (non-hydrogen) atoms. The van der Waals surface area contributed by atoms with E-state index in [9.17, 15) is 0 Å². The molecule has 1 aromatic heterocycles. The van der Waals surface area contributed by atoms with Crippen molar-refractivity contribution in [1.82, 2.24) is 14.9 Å². The highest BCUT2D eigenvalue weighted by molar-refractivity contribution is 5.03. The molecule has 0 saturated heterocycles. The molecule has 2 fully saturated rings. The van der Waals surface area contributed by atoms with Crippen molar-refractivity contribution in [1.29, 1.82) is 0 Å². The fraction of sp³-hybridized carbons (Fsp3) is 0.824. The number of nitrogens with one attached hydrogen (secondary N) is 1. The maximum Gasteiger partial charge on any atom is 0.126 e. The Bertz CT molecular complexity index is 426. The molecule has 4 atom stereocenters. The van der Waals surface area contributed by atoms with E-state index in [-0.39, 0.29) is 0 Å². The van der Waals surface area contributed by atoms with E-state index in [2.05, 4.69) is 35.0 Å². The smallest absolute Gasteiger partial charge is 0.126 e. The van der Waals surface area contributed by atoms with Crippen molar-refractivity contribution >= 4 is 0 Å². The second kappa shape index (κ2) is 6.30. The Morgan fingerprint density at radius 2 is 2.05 bits per heavy atom. The number of rotatable bonds is 4. The van der Waals surface area contributed by atoms with E-state index < -0.39 is 0 Å². The first-order valence-corrected chi connectivity index (χ1v) is 8.51. The molecule has 3 nitrogen and oxygen atoms in total. The first-order valence-electron chi connectivity index (χ1n) is 8.51. The van der Waals surface area contributed by atoms with Crippen LogP contribution in [0, 0.1) is 17.8 Å². The lowest BCUT2D eigenvalue weighted by molar-refractivity contribution is 0.108. The van der Waals surface area contributed by atoms with Crippen LogP contribution in [-0.2, 0) is 6.54 Å². The predicted octanol–water partition coefficient (Wildman–Crippen LogP) is 3.77. The summed E-state index contributed by atoms with van der Waals surface area (Å²) in [6, 6.07) is 0.438. The lowest BCUT2D eigenvalue weighted by Crippen LogP contribution is -2.35. The molecule has 0 bridgehead atoms. The molecule has 3 heteroatoms. The second-order valence-electron chi connectivity index (χ2n) is 6.72. The summed E-state index contributed by atoms with van der Waals surface area (Å²) in [4.78, 5) is 4.64. The minimum atomic E-state index is 0.438. The number of aryl methyl sites for hydroxylation is 1. The third-order valence-corrected chi connectivity index (χ3v) is 5.73. The lowest BCUT2D eigenvalue weighted by atomic mass is 9.66. The van der Waals surface area contributed by atoms with Crippen LogP contribution in [-0.4, -0.2) is 16.6 Å². The van der Waals surface area contributed by atoms with E-state index in [1.54, 1.807) is 0 Å². The summed E-state index contributed by atoms with van der Waals surface area (Å²) in [5.41, 5.74) is 0. The van der Waals surface area contributed by atoms with Gasteiger partial charge in [0.25, 0.3) is 0 Å². The van der Waals surface area contributed by atoms with Crippen molar-refractivity contribution in [2.45, 2.75) is 64.5 Å². The molecule has 3 rings (SSSR count). The standard InChI is InChI=1S/C17H29N3/c1-3-20-11-10-19-17(20)16(18-2)15-9-8-13-6-4-5-7-14(13)12-15/h10-11,13-16,18H,3-9,12H2,1-2H3. The van der Waals surface area contributed by atoms with Gasteiger partial charge in [-0.15, -0.1) is 0 Å². The van der Waals surface area contributed by atoms with E-state index >= 15 is 0 Å². The molecule has 2 aliphatic rings. The Hall–Kier alpha value is -0.830. The van der Waals surface area contributed by atoms with E-state index in [0.29, 0.717) is 6.04 Å². The summed E-state index contributed by atoms with van der Waals surface area (Å²) in [5, 5.41) is 3.56. The van der Waals surface area contributed by atoms with Crippen LogP contribution in [0.2, 0.25) is 0 Å². The van der Waals surface area contributed by atoms with Gasteiger partial charge in [0.05, 0.1) is 6.04 Å². The van der Waals surface area contributed by atoms with Gasteiger partial charge in [-0.1, -0.05) is 25.7 Å². The minimum Gasteiger partial charge on any atom is -0.334 e.